The van der Waals surface area contributed by atoms with Crippen LogP contribution in [0.15, 0.2) is 78.9 Å². The van der Waals surface area contributed by atoms with E-state index in [2.05, 4.69) is 0 Å². The first kappa shape index (κ1) is 21.6. The van der Waals surface area contributed by atoms with Gasteiger partial charge < -0.3 is 9.80 Å². The number of nitrogens with zero attached hydrogens (tertiary/aromatic N) is 2. The quantitative estimate of drug-likeness (QED) is 0.579. The maximum atomic E-state index is 13.2. The van der Waals surface area contributed by atoms with Gasteiger partial charge in [0.2, 0.25) is 0 Å². The Kier molecular flexibility index (Phi) is 5.99. The summed E-state index contributed by atoms with van der Waals surface area (Å²) in [6, 6.07) is 21.9. The molecule has 4 rings (SSSR count). The van der Waals surface area contributed by atoms with E-state index in [4.69, 9.17) is 0 Å². The Morgan fingerprint density at radius 1 is 0.625 bits per heavy atom. The third kappa shape index (κ3) is 4.51. The summed E-state index contributed by atoms with van der Waals surface area (Å²) in [4.78, 5) is 28.6. The molecule has 0 aromatic heterocycles. The normalized spacial score (nSPS) is 14.3. The molecule has 0 atom stereocenters. The van der Waals surface area contributed by atoms with Crippen LogP contribution in [0, 0.1) is 0 Å². The molecule has 164 valence electrons. The molecule has 0 spiro atoms. The molecular weight excluding hydrogens is 417 g/mol. The van der Waals surface area contributed by atoms with Gasteiger partial charge in [-0.05, 0) is 35.4 Å². The molecule has 1 aliphatic rings. The average Bonchev–Trinajstić information content (AvgIpc) is 2.83. The fourth-order valence-corrected chi connectivity index (χ4v) is 3.82. The number of benzene rings is 3. The highest BCUT2D eigenvalue weighted by molar-refractivity contribution is 5.97. The summed E-state index contributed by atoms with van der Waals surface area (Å²) in [7, 11) is 0. The van der Waals surface area contributed by atoms with E-state index in [1.807, 2.05) is 42.5 Å². The molecule has 1 fully saturated rings. The minimum Gasteiger partial charge on any atom is -0.335 e. The van der Waals surface area contributed by atoms with Gasteiger partial charge in [-0.1, -0.05) is 54.6 Å². The van der Waals surface area contributed by atoms with E-state index in [1.54, 1.807) is 17.0 Å². The van der Waals surface area contributed by atoms with Crippen LogP contribution >= 0.6 is 0 Å². The van der Waals surface area contributed by atoms with Gasteiger partial charge in [-0.25, -0.2) is 0 Å². The number of piperazine rings is 1. The lowest BCUT2D eigenvalue weighted by Gasteiger charge is -2.35. The van der Waals surface area contributed by atoms with Crippen molar-refractivity contribution in [3.8, 4) is 11.1 Å². The van der Waals surface area contributed by atoms with Crippen LogP contribution in [0.4, 0.5) is 13.2 Å². The van der Waals surface area contributed by atoms with E-state index in [1.165, 1.54) is 23.1 Å². The third-order valence-electron chi connectivity index (χ3n) is 5.56. The second kappa shape index (κ2) is 8.86. The topological polar surface area (TPSA) is 40.6 Å². The second-order valence-electron chi connectivity index (χ2n) is 7.57. The lowest BCUT2D eigenvalue weighted by atomic mass is 10.0. The molecule has 2 amide bonds. The number of hydrogen-bond acceptors (Lipinski definition) is 2. The smallest absolute Gasteiger partial charge is 0.335 e. The Hall–Kier alpha value is -3.61. The second-order valence-corrected chi connectivity index (χ2v) is 7.57. The van der Waals surface area contributed by atoms with Gasteiger partial charge >= 0.3 is 6.18 Å². The van der Waals surface area contributed by atoms with Crippen molar-refractivity contribution in [1.82, 2.24) is 9.80 Å². The zero-order chi connectivity index (χ0) is 22.7. The van der Waals surface area contributed by atoms with Gasteiger partial charge in [0.25, 0.3) is 11.8 Å². The van der Waals surface area contributed by atoms with Crippen LogP contribution in [-0.2, 0) is 6.18 Å². The van der Waals surface area contributed by atoms with Gasteiger partial charge in [-0.15, -0.1) is 0 Å². The lowest BCUT2D eigenvalue weighted by Crippen LogP contribution is -2.50. The minimum atomic E-state index is -4.60. The predicted octanol–water partition coefficient (Wildman–Crippen LogP) is 4.97. The predicted molar refractivity (Wildman–Crippen MR) is 115 cm³/mol. The molecular formula is C25H21F3N2O2. The standard InChI is InChI=1S/C25H21F3N2O2/c26-25(27,28)22-9-5-4-8-21(22)24(32)30-16-14-29(15-17-30)23(31)20-12-10-19(11-13-20)18-6-2-1-3-7-18/h1-13H,14-17H2. The molecule has 3 aromatic rings. The van der Waals surface area contributed by atoms with Crippen LogP contribution in [0.2, 0.25) is 0 Å². The average molecular weight is 438 g/mol. The molecule has 0 unspecified atom stereocenters. The Morgan fingerprint density at radius 2 is 1.12 bits per heavy atom. The molecule has 0 radical (unpaired) electrons. The number of hydrogen-bond donors (Lipinski definition) is 0. The highest BCUT2D eigenvalue weighted by Crippen LogP contribution is 2.32. The Balaban J connectivity index is 1.41. The largest absolute Gasteiger partial charge is 0.417 e. The SMILES string of the molecule is O=C(c1ccc(-c2ccccc2)cc1)N1CCN(C(=O)c2ccccc2C(F)(F)F)CC1. The van der Waals surface area contributed by atoms with E-state index in [0.717, 1.165) is 17.2 Å². The summed E-state index contributed by atoms with van der Waals surface area (Å²) in [6.45, 7) is 0.885. The number of carbonyl (C=O) groups excluding carboxylic acids is 2. The first-order chi connectivity index (χ1) is 15.3. The molecule has 1 saturated heterocycles. The highest BCUT2D eigenvalue weighted by Gasteiger charge is 2.36. The van der Waals surface area contributed by atoms with Crippen molar-refractivity contribution in [2.24, 2.45) is 0 Å². The first-order valence-electron chi connectivity index (χ1n) is 10.2. The lowest BCUT2D eigenvalue weighted by molar-refractivity contribution is -0.138. The summed E-state index contributed by atoms with van der Waals surface area (Å²) in [5, 5.41) is 0. The summed E-state index contributed by atoms with van der Waals surface area (Å²) >= 11 is 0. The van der Waals surface area contributed by atoms with Gasteiger partial charge in [-0.3, -0.25) is 9.59 Å². The van der Waals surface area contributed by atoms with Crippen LogP contribution in [0.25, 0.3) is 11.1 Å². The van der Waals surface area contributed by atoms with Crippen molar-refractivity contribution in [3.05, 3.63) is 95.6 Å². The molecule has 1 heterocycles. The van der Waals surface area contributed by atoms with Crippen LogP contribution in [0.1, 0.15) is 26.3 Å². The Bertz CT molecular complexity index is 1100. The molecule has 4 nitrogen and oxygen atoms in total. The summed E-state index contributed by atoms with van der Waals surface area (Å²) < 4.78 is 39.7. The van der Waals surface area contributed by atoms with E-state index < -0.39 is 17.6 Å². The maximum Gasteiger partial charge on any atom is 0.417 e. The van der Waals surface area contributed by atoms with E-state index in [9.17, 15) is 22.8 Å². The van der Waals surface area contributed by atoms with Gasteiger partial charge in [0.1, 0.15) is 0 Å². The number of alkyl halides is 3. The van der Waals surface area contributed by atoms with Gasteiger partial charge in [0.15, 0.2) is 0 Å². The zero-order valence-corrected chi connectivity index (χ0v) is 17.2. The molecule has 1 aliphatic heterocycles. The van der Waals surface area contributed by atoms with Crippen molar-refractivity contribution in [3.63, 3.8) is 0 Å². The van der Waals surface area contributed by atoms with Crippen molar-refractivity contribution < 1.29 is 22.8 Å². The molecule has 3 aromatic carbocycles. The monoisotopic (exact) mass is 438 g/mol. The molecule has 0 bridgehead atoms. The summed E-state index contributed by atoms with van der Waals surface area (Å²) in [6.07, 6.45) is -4.60. The van der Waals surface area contributed by atoms with Crippen LogP contribution < -0.4 is 0 Å². The van der Waals surface area contributed by atoms with E-state index >= 15 is 0 Å². The Morgan fingerprint density at radius 3 is 1.72 bits per heavy atom. The van der Waals surface area contributed by atoms with E-state index in [-0.39, 0.29) is 37.6 Å². The zero-order valence-electron chi connectivity index (χ0n) is 17.2. The number of carbonyl (C=O) groups is 2. The van der Waals surface area contributed by atoms with Crippen LogP contribution in [0.3, 0.4) is 0 Å². The third-order valence-corrected chi connectivity index (χ3v) is 5.56. The molecule has 0 aliphatic carbocycles. The van der Waals surface area contributed by atoms with Crippen molar-refractivity contribution in [2.45, 2.75) is 6.18 Å². The van der Waals surface area contributed by atoms with E-state index in [0.29, 0.717) is 5.56 Å². The number of rotatable bonds is 3. The molecule has 0 N–H and O–H groups in total. The van der Waals surface area contributed by atoms with Crippen molar-refractivity contribution in [1.29, 1.82) is 0 Å². The Labute approximate surface area is 183 Å². The van der Waals surface area contributed by atoms with Crippen molar-refractivity contribution in [2.75, 3.05) is 26.2 Å². The first-order valence-corrected chi connectivity index (χ1v) is 10.2. The number of amides is 2. The summed E-state index contributed by atoms with van der Waals surface area (Å²) in [5.41, 5.74) is 1.28. The van der Waals surface area contributed by atoms with Crippen LogP contribution in [-0.4, -0.2) is 47.8 Å². The maximum absolute atomic E-state index is 13.2. The minimum absolute atomic E-state index is 0.160. The highest BCUT2D eigenvalue weighted by atomic mass is 19.4. The molecule has 32 heavy (non-hydrogen) atoms. The van der Waals surface area contributed by atoms with Crippen LogP contribution in [0.5, 0.6) is 0 Å². The van der Waals surface area contributed by atoms with Gasteiger partial charge in [0, 0.05) is 31.7 Å². The molecule has 7 heteroatoms. The van der Waals surface area contributed by atoms with Crippen molar-refractivity contribution >= 4 is 11.8 Å². The fraction of sp³-hybridized carbons (Fsp3) is 0.200. The summed E-state index contributed by atoms with van der Waals surface area (Å²) in [5.74, 6) is -0.829. The number of halogens is 3. The fourth-order valence-electron chi connectivity index (χ4n) is 3.82. The van der Waals surface area contributed by atoms with Gasteiger partial charge in [0.05, 0.1) is 11.1 Å². The van der Waals surface area contributed by atoms with Gasteiger partial charge in [-0.2, -0.15) is 13.2 Å². The molecule has 0 saturated carbocycles.